The molecule has 3 rings (SSSR count). The number of likely N-dealkylation sites (N-methyl/N-ethyl adjacent to an activating group) is 1. The van der Waals surface area contributed by atoms with Gasteiger partial charge in [-0.25, -0.2) is 0 Å². The number of aliphatic hydroxyl groups is 2. The topological polar surface area (TPSA) is 90.5 Å². The minimum atomic E-state index is 0.144. The second kappa shape index (κ2) is 8.37. The van der Waals surface area contributed by atoms with Crippen molar-refractivity contribution in [1.82, 2.24) is 25.1 Å². The zero-order chi connectivity index (χ0) is 17.6. The number of rotatable bonds is 8. The molecule has 2 heterocycles. The molecule has 2 N–H and O–H groups in total. The lowest BCUT2D eigenvalue weighted by atomic mass is 9.96. The highest BCUT2D eigenvalue weighted by Gasteiger charge is 2.35. The van der Waals surface area contributed by atoms with Crippen molar-refractivity contribution in [1.29, 1.82) is 0 Å². The fraction of sp³-hybridized carbons (Fsp3) is 0.588. The summed E-state index contributed by atoms with van der Waals surface area (Å²) in [6.45, 7) is 6.30. The molecule has 0 bridgehead atoms. The number of tetrazole rings is 1. The van der Waals surface area contributed by atoms with Gasteiger partial charge in [-0.15, -0.1) is 0 Å². The third-order valence-electron chi connectivity index (χ3n) is 4.90. The maximum atomic E-state index is 9.80. The van der Waals surface area contributed by atoms with Crippen LogP contribution in [0.15, 0.2) is 30.3 Å². The van der Waals surface area contributed by atoms with E-state index in [-0.39, 0.29) is 19.1 Å². The van der Waals surface area contributed by atoms with E-state index in [1.165, 1.54) is 0 Å². The van der Waals surface area contributed by atoms with Crippen LogP contribution in [0.4, 0.5) is 5.95 Å². The van der Waals surface area contributed by atoms with Gasteiger partial charge in [0, 0.05) is 38.7 Å². The van der Waals surface area contributed by atoms with E-state index in [0.29, 0.717) is 18.4 Å². The molecule has 1 aliphatic rings. The van der Waals surface area contributed by atoms with Crippen molar-refractivity contribution in [3.8, 4) is 5.69 Å². The molecule has 2 aromatic rings. The van der Waals surface area contributed by atoms with Crippen molar-refractivity contribution in [2.24, 2.45) is 11.8 Å². The third-order valence-corrected chi connectivity index (χ3v) is 4.90. The minimum Gasteiger partial charge on any atom is -0.396 e. The quantitative estimate of drug-likeness (QED) is 0.696. The average Bonchev–Trinajstić information content (AvgIpc) is 3.28. The molecule has 0 spiro atoms. The van der Waals surface area contributed by atoms with Crippen LogP contribution < -0.4 is 4.90 Å². The first kappa shape index (κ1) is 17.8. The Kier molecular flexibility index (Phi) is 5.95. The molecule has 0 unspecified atom stereocenters. The largest absolute Gasteiger partial charge is 0.396 e. The number of hydrogen-bond donors (Lipinski definition) is 2. The van der Waals surface area contributed by atoms with E-state index in [0.717, 1.165) is 31.9 Å². The molecule has 1 aromatic carbocycles. The van der Waals surface area contributed by atoms with Gasteiger partial charge in [0.15, 0.2) is 0 Å². The molecular formula is C17H26N6O2. The second-order valence-electron chi connectivity index (χ2n) is 6.45. The molecule has 8 heteroatoms. The summed E-state index contributed by atoms with van der Waals surface area (Å²) in [5, 5.41) is 31.2. The van der Waals surface area contributed by atoms with Crippen LogP contribution in [-0.2, 0) is 0 Å². The highest BCUT2D eigenvalue weighted by Crippen LogP contribution is 2.28. The number of aromatic nitrogens is 4. The molecule has 1 aromatic heterocycles. The van der Waals surface area contributed by atoms with Crippen molar-refractivity contribution >= 4 is 5.95 Å². The molecule has 1 fully saturated rings. The number of aliphatic hydroxyl groups excluding tert-OH is 2. The van der Waals surface area contributed by atoms with Crippen LogP contribution in [0.2, 0.25) is 0 Å². The van der Waals surface area contributed by atoms with Crippen molar-refractivity contribution in [2.45, 2.75) is 6.92 Å². The molecular weight excluding hydrogens is 320 g/mol. The van der Waals surface area contributed by atoms with E-state index in [2.05, 4.69) is 32.2 Å². The number of benzene rings is 1. The second-order valence-corrected chi connectivity index (χ2v) is 6.45. The van der Waals surface area contributed by atoms with Gasteiger partial charge in [-0.3, -0.25) is 0 Å². The Morgan fingerprint density at radius 2 is 1.92 bits per heavy atom. The van der Waals surface area contributed by atoms with Crippen LogP contribution in [0.5, 0.6) is 0 Å². The number of nitrogens with zero attached hydrogens (tertiary/aromatic N) is 6. The van der Waals surface area contributed by atoms with Crippen molar-refractivity contribution < 1.29 is 10.2 Å². The van der Waals surface area contributed by atoms with Crippen LogP contribution in [0.3, 0.4) is 0 Å². The zero-order valence-electron chi connectivity index (χ0n) is 14.6. The maximum absolute atomic E-state index is 9.80. The predicted octanol–water partition coefficient (Wildman–Crippen LogP) is 0.0212. The van der Waals surface area contributed by atoms with E-state index in [1.807, 2.05) is 30.3 Å². The molecule has 1 aliphatic heterocycles. The molecule has 0 amide bonds. The summed E-state index contributed by atoms with van der Waals surface area (Å²) in [5.74, 6) is 1.20. The van der Waals surface area contributed by atoms with Crippen LogP contribution in [0, 0.1) is 11.8 Å². The SMILES string of the molecule is CCN(CCO)C[C@@H]1CN(c2nnnn2-c2ccccc2)C[C@@H]1CO. The number of anilines is 1. The summed E-state index contributed by atoms with van der Waals surface area (Å²) in [5.41, 5.74) is 0.918. The third kappa shape index (κ3) is 3.97. The maximum Gasteiger partial charge on any atom is 0.250 e. The summed E-state index contributed by atoms with van der Waals surface area (Å²) in [4.78, 5) is 4.36. The highest BCUT2D eigenvalue weighted by atomic mass is 16.3. The Morgan fingerprint density at radius 3 is 2.60 bits per heavy atom. The number of hydrogen-bond acceptors (Lipinski definition) is 7. The first-order chi connectivity index (χ1) is 12.3. The minimum absolute atomic E-state index is 0.144. The normalized spacial score (nSPS) is 20.6. The number of para-hydroxylation sites is 1. The molecule has 8 nitrogen and oxygen atoms in total. The molecule has 0 aliphatic carbocycles. The molecule has 0 saturated carbocycles. The Morgan fingerprint density at radius 1 is 1.16 bits per heavy atom. The molecule has 2 atom stereocenters. The first-order valence-electron chi connectivity index (χ1n) is 8.79. The van der Waals surface area contributed by atoms with E-state index in [4.69, 9.17) is 0 Å². The van der Waals surface area contributed by atoms with E-state index < -0.39 is 0 Å². The summed E-state index contributed by atoms with van der Waals surface area (Å²) in [7, 11) is 0. The van der Waals surface area contributed by atoms with Crippen molar-refractivity contribution in [2.75, 3.05) is 50.8 Å². The average molecular weight is 346 g/mol. The van der Waals surface area contributed by atoms with Gasteiger partial charge in [0.2, 0.25) is 5.95 Å². The molecule has 25 heavy (non-hydrogen) atoms. The zero-order valence-corrected chi connectivity index (χ0v) is 14.6. The lowest BCUT2D eigenvalue weighted by Crippen LogP contribution is -2.35. The van der Waals surface area contributed by atoms with Gasteiger partial charge in [-0.05, 0) is 35.0 Å². The lowest BCUT2D eigenvalue weighted by molar-refractivity contribution is 0.147. The lowest BCUT2D eigenvalue weighted by Gasteiger charge is -2.25. The Bertz CT molecular complexity index is 650. The molecule has 0 radical (unpaired) electrons. The summed E-state index contributed by atoms with van der Waals surface area (Å²) >= 11 is 0. The first-order valence-corrected chi connectivity index (χ1v) is 8.79. The van der Waals surface area contributed by atoms with Gasteiger partial charge in [0.1, 0.15) is 0 Å². The fourth-order valence-corrected chi connectivity index (χ4v) is 3.48. The van der Waals surface area contributed by atoms with Gasteiger partial charge in [-0.1, -0.05) is 30.2 Å². The van der Waals surface area contributed by atoms with Gasteiger partial charge in [-0.2, -0.15) is 4.68 Å². The molecule has 136 valence electrons. The standard InChI is InChI=1S/C17H26N6O2/c1-2-21(8-9-24)10-14-11-22(12-15(14)13-25)17-18-19-20-23(17)16-6-4-3-5-7-16/h3-7,14-15,24-25H,2,8-13H2,1H3/t14-,15-/m1/s1. The highest BCUT2D eigenvalue weighted by molar-refractivity contribution is 5.41. The van der Waals surface area contributed by atoms with Crippen LogP contribution in [0.1, 0.15) is 6.92 Å². The monoisotopic (exact) mass is 346 g/mol. The smallest absolute Gasteiger partial charge is 0.250 e. The van der Waals surface area contributed by atoms with Crippen LogP contribution in [0.25, 0.3) is 5.69 Å². The Balaban J connectivity index is 1.76. The van der Waals surface area contributed by atoms with Crippen molar-refractivity contribution in [3.63, 3.8) is 0 Å². The molecule has 1 saturated heterocycles. The summed E-state index contributed by atoms with van der Waals surface area (Å²) in [6, 6.07) is 9.81. The summed E-state index contributed by atoms with van der Waals surface area (Å²) in [6.07, 6.45) is 0. The Hall–Kier alpha value is -2.03. The van der Waals surface area contributed by atoms with E-state index in [9.17, 15) is 10.2 Å². The predicted molar refractivity (Wildman–Crippen MR) is 94.6 cm³/mol. The van der Waals surface area contributed by atoms with Gasteiger partial charge < -0.3 is 20.0 Å². The summed E-state index contributed by atoms with van der Waals surface area (Å²) < 4.78 is 1.74. The fourth-order valence-electron chi connectivity index (χ4n) is 3.48. The Labute approximate surface area is 147 Å². The van der Waals surface area contributed by atoms with Gasteiger partial charge in [0.25, 0.3) is 0 Å². The van der Waals surface area contributed by atoms with Crippen LogP contribution in [-0.4, -0.2) is 81.3 Å². The van der Waals surface area contributed by atoms with Gasteiger partial charge >= 0.3 is 0 Å². The van der Waals surface area contributed by atoms with Crippen molar-refractivity contribution in [3.05, 3.63) is 30.3 Å². The van der Waals surface area contributed by atoms with Gasteiger partial charge in [0.05, 0.1) is 12.3 Å². The van der Waals surface area contributed by atoms with E-state index >= 15 is 0 Å². The van der Waals surface area contributed by atoms with Crippen LogP contribution >= 0.6 is 0 Å². The van der Waals surface area contributed by atoms with E-state index in [1.54, 1.807) is 4.68 Å².